The summed E-state index contributed by atoms with van der Waals surface area (Å²) in [5, 5.41) is 0.798. The highest BCUT2D eigenvalue weighted by Crippen LogP contribution is 2.53. The first-order valence-corrected chi connectivity index (χ1v) is 8.68. The van der Waals surface area contributed by atoms with E-state index in [1.165, 1.54) is 0 Å². The average molecular weight is 511 g/mol. The second kappa shape index (κ2) is 8.65. The van der Waals surface area contributed by atoms with Crippen molar-refractivity contribution in [2.45, 2.75) is 23.7 Å². The average Bonchev–Trinajstić information content (AvgIpc) is 2.70. The number of nitrogens with one attached hydrogen (secondary N) is 2. The van der Waals surface area contributed by atoms with E-state index in [9.17, 15) is 44.7 Å². The van der Waals surface area contributed by atoms with Crippen LogP contribution < -0.4 is 10.6 Å². The van der Waals surface area contributed by atoms with Crippen LogP contribution in [0.5, 0.6) is 0 Å². The maximum absolute atomic E-state index is 14.0. The van der Waals surface area contributed by atoms with Gasteiger partial charge >= 0.3 is 35.5 Å². The zero-order valence-corrected chi connectivity index (χ0v) is 16.5. The van der Waals surface area contributed by atoms with Crippen LogP contribution in [0, 0.1) is 0 Å². The number of carbonyl (C=O) groups is 2. The molecule has 2 N–H and O–H groups in total. The van der Waals surface area contributed by atoms with Crippen LogP contribution in [-0.2, 0) is 9.59 Å². The molecule has 2 amide bonds. The van der Waals surface area contributed by atoms with E-state index in [4.69, 9.17) is 23.2 Å². The van der Waals surface area contributed by atoms with Crippen molar-refractivity contribution in [2.24, 2.45) is 0 Å². The molecule has 0 radical (unpaired) electrons. The quantitative estimate of drug-likeness (QED) is 0.410. The molecular formula is C16H8Cl2F8N4O2. The zero-order chi connectivity index (χ0) is 24.5. The fourth-order valence-electron chi connectivity index (χ4n) is 2.04. The molecule has 0 aliphatic rings. The summed E-state index contributed by atoms with van der Waals surface area (Å²) in [5.74, 6) is -33.2. The summed E-state index contributed by atoms with van der Waals surface area (Å²) in [6, 6.07) is 3.60. The van der Waals surface area contributed by atoms with Gasteiger partial charge in [0.05, 0.1) is 11.4 Å². The van der Waals surface area contributed by atoms with Crippen LogP contribution in [0.4, 0.5) is 46.5 Å². The van der Waals surface area contributed by atoms with Gasteiger partial charge in [-0.05, 0) is 24.3 Å². The van der Waals surface area contributed by atoms with E-state index in [1.54, 1.807) is 0 Å². The standard InChI is InChI=1S/C16H8Cl2F8N4O2/c17-9-7(3-1-5-27-9)29-11(31)13(19,20)15(23,24)16(25,26)14(21,22)12(32)30-8-4-2-6-28-10(8)18/h1-6H,(H,29,31)(H,30,32). The Kier molecular flexibility index (Phi) is 6.90. The molecule has 0 fully saturated rings. The second-order valence-corrected chi connectivity index (χ2v) is 6.61. The fourth-order valence-corrected chi connectivity index (χ4v) is 2.37. The van der Waals surface area contributed by atoms with Crippen molar-refractivity contribution >= 4 is 46.4 Å². The first kappa shape index (κ1) is 25.5. The van der Waals surface area contributed by atoms with E-state index in [1.807, 2.05) is 0 Å². The molecule has 16 heteroatoms. The van der Waals surface area contributed by atoms with E-state index in [-0.39, 0.29) is 0 Å². The molecule has 0 saturated carbocycles. The van der Waals surface area contributed by atoms with Crippen molar-refractivity contribution in [2.75, 3.05) is 10.6 Å². The number of hydrogen-bond acceptors (Lipinski definition) is 4. The summed E-state index contributed by atoms with van der Waals surface area (Å²) >= 11 is 10.9. The van der Waals surface area contributed by atoms with Gasteiger partial charge in [0.25, 0.3) is 0 Å². The summed E-state index contributed by atoms with van der Waals surface area (Å²) in [4.78, 5) is 29.8. The number of hydrogen-bond donors (Lipinski definition) is 2. The molecule has 174 valence electrons. The third-order valence-electron chi connectivity index (χ3n) is 3.77. The number of nitrogens with zero attached hydrogens (tertiary/aromatic N) is 2. The van der Waals surface area contributed by atoms with E-state index in [0.29, 0.717) is 0 Å². The Balaban J connectivity index is 2.36. The summed E-state index contributed by atoms with van der Waals surface area (Å²) in [6.07, 6.45) is 2.01. The summed E-state index contributed by atoms with van der Waals surface area (Å²) in [5.41, 5.74) is -1.60. The van der Waals surface area contributed by atoms with Crippen molar-refractivity contribution in [3.63, 3.8) is 0 Å². The molecule has 6 nitrogen and oxygen atoms in total. The lowest BCUT2D eigenvalue weighted by atomic mass is 9.97. The molecule has 0 aromatic carbocycles. The predicted octanol–water partition coefficient (Wildman–Crippen LogP) is 4.90. The minimum absolute atomic E-state index is 0.690. The molecule has 0 spiro atoms. The van der Waals surface area contributed by atoms with Gasteiger partial charge in [-0.15, -0.1) is 0 Å². The van der Waals surface area contributed by atoms with Crippen LogP contribution in [0.2, 0.25) is 10.3 Å². The van der Waals surface area contributed by atoms with Crippen molar-refractivity contribution in [3.05, 3.63) is 47.0 Å². The number of carbonyl (C=O) groups excluding carboxylic acids is 2. The Morgan fingerprint density at radius 2 is 1.00 bits per heavy atom. The van der Waals surface area contributed by atoms with E-state index in [2.05, 4.69) is 9.97 Å². The normalized spacial score (nSPS) is 12.9. The van der Waals surface area contributed by atoms with E-state index < -0.39 is 57.2 Å². The van der Waals surface area contributed by atoms with Crippen molar-refractivity contribution in [1.82, 2.24) is 9.97 Å². The third kappa shape index (κ3) is 4.28. The van der Waals surface area contributed by atoms with Gasteiger partial charge in [0, 0.05) is 12.4 Å². The highest BCUT2D eigenvalue weighted by Gasteiger charge is 2.84. The van der Waals surface area contributed by atoms with Crippen molar-refractivity contribution < 1.29 is 44.7 Å². The molecule has 2 heterocycles. The topological polar surface area (TPSA) is 84.0 Å². The Hall–Kier alpha value is -2.74. The van der Waals surface area contributed by atoms with Gasteiger partial charge in [-0.2, -0.15) is 35.1 Å². The van der Waals surface area contributed by atoms with Crippen LogP contribution in [0.25, 0.3) is 0 Å². The Labute approximate surface area is 182 Å². The Morgan fingerprint density at radius 1 is 0.688 bits per heavy atom. The number of pyridine rings is 2. The predicted molar refractivity (Wildman–Crippen MR) is 95.5 cm³/mol. The maximum Gasteiger partial charge on any atom is 0.393 e. The van der Waals surface area contributed by atoms with E-state index >= 15 is 0 Å². The largest absolute Gasteiger partial charge is 0.393 e. The molecule has 0 bridgehead atoms. The SMILES string of the molecule is O=C(Nc1cccnc1Cl)C(F)(F)C(F)(F)C(F)(F)C(F)(F)C(=O)Nc1cccnc1Cl. The molecular weight excluding hydrogens is 503 g/mol. The minimum Gasteiger partial charge on any atom is -0.318 e. The number of halogens is 10. The van der Waals surface area contributed by atoms with Crippen molar-refractivity contribution in [3.8, 4) is 0 Å². The monoisotopic (exact) mass is 510 g/mol. The Morgan fingerprint density at radius 3 is 1.28 bits per heavy atom. The van der Waals surface area contributed by atoms with Gasteiger partial charge in [0.15, 0.2) is 10.3 Å². The molecule has 0 atom stereocenters. The summed E-state index contributed by atoms with van der Waals surface area (Å²) in [7, 11) is 0. The first-order valence-electron chi connectivity index (χ1n) is 7.92. The van der Waals surface area contributed by atoms with Gasteiger partial charge < -0.3 is 10.6 Å². The number of rotatable bonds is 7. The molecule has 2 rings (SSSR count). The van der Waals surface area contributed by atoms with Crippen LogP contribution in [0.1, 0.15) is 0 Å². The van der Waals surface area contributed by atoms with Crippen LogP contribution in [0.3, 0.4) is 0 Å². The van der Waals surface area contributed by atoms with Crippen LogP contribution >= 0.6 is 23.2 Å². The smallest absolute Gasteiger partial charge is 0.318 e. The third-order valence-corrected chi connectivity index (χ3v) is 4.37. The fraction of sp³-hybridized carbons (Fsp3) is 0.250. The summed E-state index contributed by atoms with van der Waals surface area (Å²) in [6.45, 7) is 0. The lowest BCUT2D eigenvalue weighted by Crippen LogP contribution is -2.67. The van der Waals surface area contributed by atoms with Crippen LogP contribution in [0.15, 0.2) is 36.7 Å². The van der Waals surface area contributed by atoms with Gasteiger partial charge in [-0.3, -0.25) is 9.59 Å². The van der Waals surface area contributed by atoms with Gasteiger partial charge in [0.2, 0.25) is 0 Å². The Bertz CT molecular complexity index is 957. The second-order valence-electron chi connectivity index (χ2n) is 5.89. The van der Waals surface area contributed by atoms with Gasteiger partial charge in [-0.25, -0.2) is 9.97 Å². The summed E-state index contributed by atoms with van der Waals surface area (Å²) < 4.78 is 112. The number of alkyl halides is 8. The van der Waals surface area contributed by atoms with Gasteiger partial charge in [0.1, 0.15) is 0 Å². The molecule has 32 heavy (non-hydrogen) atoms. The molecule has 0 aliphatic carbocycles. The molecule has 0 aliphatic heterocycles. The zero-order valence-electron chi connectivity index (χ0n) is 15.0. The molecule has 2 aromatic heterocycles. The number of anilines is 2. The molecule has 2 aromatic rings. The number of aromatic nitrogens is 2. The van der Waals surface area contributed by atoms with Crippen molar-refractivity contribution in [1.29, 1.82) is 0 Å². The maximum atomic E-state index is 14.0. The van der Waals surface area contributed by atoms with Gasteiger partial charge in [-0.1, -0.05) is 23.2 Å². The minimum atomic E-state index is -7.06. The lowest BCUT2D eigenvalue weighted by Gasteiger charge is -2.35. The first-order chi connectivity index (χ1) is 14.6. The highest BCUT2D eigenvalue weighted by atomic mass is 35.5. The molecule has 0 unspecified atom stereocenters. The highest BCUT2D eigenvalue weighted by molar-refractivity contribution is 6.32. The van der Waals surface area contributed by atoms with E-state index in [0.717, 1.165) is 47.3 Å². The number of amides is 2. The lowest BCUT2D eigenvalue weighted by molar-refractivity contribution is -0.345. The van der Waals surface area contributed by atoms with Crippen LogP contribution in [-0.4, -0.2) is 45.5 Å². The molecule has 0 saturated heterocycles.